The van der Waals surface area contributed by atoms with Gasteiger partial charge < -0.3 is 4.90 Å². The van der Waals surface area contributed by atoms with Crippen LogP contribution < -0.4 is 4.90 Å². The Bertz CT molecular complexity index is 2720. The predicted octanol–water partition coefficient (Wildman–Crippen LogP) is 10.6. The lowest BCUT2D eigenvalue weighted by Crippen LogP contribution is -2.27. The summed E-state index contributed by atoms with van der Waals surface area (Å²) in [6.07, 6.45) is 6.26. The molecular weight excluding hydrogens is 623 g/mol. The van der Waals surface area contributed by atoms with Crippen molar-refractivity contribution in [1.82, 2.24) is 19.9 Å². The predicted molar refractivity (Wildman–Crippen MR) is 209 cm³/mol. The van der Waals surface area contributed by atoms with Crippen molar-refractivity contribution in [3.05, 3.63) is 199 Å². The lowest BCUT2D eigenvalue weighted by Gasteiger charge is -2.30. The molecule has 8 aromatic rings. The minimum atomic E-state index is 0.612. The molecule has 0 saturated carbocycles. The molecule has 5 heteroatoms. The van der Waals surface area contributed by atoms with E-state index in [1.165, 1.54) is 27.3 Å². The molecule has 2 aliphatic heterocycles. The Balaban J connectivity index is 1.24. The summed E-state index contributed by atoms with van der Waals surface area (Å²) >= 11 is 0. The van der Waals surface area contributed by atoms with Gasteiger partial charge in [-0.2, -0.15) is 0 Å². The van der Waals surface area contributed by atoms with Gasteiger partial charge in [-0.15, -0.1) is 0 Å². The molecule has 5 nitrogen and oxygen atoms in total. The molecule has 0 spiro atoms. The maximum atomic E-state index is 5.40. The van der Waals surface area contributed by atoms with Crippen LogP contribution in [-0.2, 0) is 0 Å². The summed E-state index contributed by atoms with van der Waals surface area (Å²) in [7, 11) is 0. The van der Waals surface area contributed by atoms with E-state index in [0.29, 0.717) is 18.2 Å². The summed E-state index contributed by atoms with van der Waals surface area (Å²) in [6, 6.07) is 55.5. The van der Waals surface area contributed by atoms with E-state index < -0.39 is 0 Å². The van der Waals surface area contributed by atoms with Crippen LogP contribution in [0.5, 0.6) is 0 Å². The second kappa shape index (κ2) is 11.9. The Morgan fingerprint density at radius 1 is 0.490 bits per heavy atom. The molecule has 0 atom stereocenters. The quantitative estimate of drug-likeness (QED) is 0.137. The van der Waals surface area contributed by atoms with Crippen LogP contribution in [0, 0.1) is 0 Å². The Morgan fingerprint density at radius 2 is 1.14 bits per heavy atom. The first kappa shape index (κ1) is 29.1. The SMILES string of the molecule is C1=C(c2ccccc2)C=C2N(C1)C(c1ccccc1)=C(c1ncnc(-c3c4ccccc4cc4c3ccc3ccccc34)n1)N2c1ccccc1. The molecule has 51 heavy (non-hydrogen) atoms. The number of nitrogens with zero attached hydrogens (tertiary/aromatic N) is 5. The van der Waals surface area contributed by atoms with E-state index in [-0.39, 0.29) is 0 Å². The zero-order chi connectivity index (χ0) is 33.7. The number of hydrogen-bond acceptors (Lipinski definition) is 5. The van der Waals surface area contributed by atoms with Crippen molar-refractivity contribution in [3.8, 4) is 11.4 Å². The second-order valence-corrected chi connectivity index (χ2v) is 12.9. The zero-order valence-electron chi connectivity index (χ0n) is 27.7. The highest BCUT2D eigenvalue weighted by Gasteiger charge is 2.39. The standard InChI is InChI=1S/C46H31N5/c1-4-14-31(15-5-1)34-26-27-50-41(29-34)51(36-20-8-3-9-21-36)44(43(50)33-17-6-2-7-18-33)46-48-30-47-45(49-46)42-38-23-13-11-19-35(38)28-40-37-22-12-10-16-32(37)24-25-39(40)42/h1-26,28-30H,27H2. The van der Waals surface area contributed by atoms with E-state index in [2.05, 4.69) is 180 Å². The highest BCUT2D eigenvalue weighted by Crippen LogP contribution is 2.47. The van der Waals surface area contributed by atoms with Gasteiger partial charge in [-0.1, -0.05) is 146 Å². The van der Waals surface area contributed by atoms with E-state index in [9.17, 15) is 0 Å². The number of anilines is 1. The summed E-state index contributed by atoms with van der Waals surface area (Å²) in [5.41, 5.74) is 7.48. The normalized spacial score (nSPS) is 14.3. The number of para-hydroxylation sites is 1. The fourth-order valence-corrected chi connectivity index (χ4v) is 7.66. The van der Waals surface area contributed by atoms with Crippen molar-refractivity contribution in [2.24, 2.45) is 0 Å². The van der Waals surface area contributed by atoms with Gasteiger partial charge in [0.2, 0.25) is 0 Å². The van der Waals surface area contributed by atoms with Gasteiger partial charge in [-0.05, 0) is 67.7 Å². The van der Waals surface area contributed by atoms with Crippen LogP contribution in [0.3, 0.4) is 0 Å². The van der Waals surface area contributed by atoms with Crippen LogP contribution in [0.1, 0.15) is 17.0 Å². The van der Waals surface area contributed by atoms with Gasteiger partial charge in [0.25, 0.3) is 0 Å². The van der Waals surface area contributed by atoms with Crippen LogP contribution in [0.4, 0.5) is 5.69 Å². The highest BCUT2D eigenvalue weighted by molar-refractivity contribution is 6.19. The summed E-state index contributed by atoms with van der Waals surface area (Å²) in [4.78, 5) is 19.9. The van der Waals surface area contributed by atoms with Crippen LogP contribution in [0.2, 0.25) is 0 Å². The van der Waals surface area contributed by atoms with Crippen molar-refractivity contribution in [2.45, 2.75) is 0 Å². The molecule has 0 radical (unpaired) electrons. The van der Waals surface area contributed by atoms with Crippen molar-refractivity contribution < 1.29 is 0 Å². The third-order valence-corrected chi connectivity index (χ3v) is 9.95. The lowest BCUT2D eigenvalue weighted by molar-refractivity contribution is 0.548. The first-order valence-corrected chi connectivity index (χ1v) is 17.2. The van der Waals surface area contributed by atoms with E-state index in [1.54, 1.807) is 6.33 Å². The van der Waals surface area contributed by atoms with E-state index in [1.807, 2.05) is 0 Å². The Labute approximate surface area is 295 Å². The minimum absolute atomic E-state index is 0.612. The molecule has 0 unspecified atom stereocenters. The molecular formula is C46H31N5. The van der Waals surface area contributed by atoms with Crippen LogP contribution in [0.25, 0.3) is 60.7 Å². The van der Waals surface area contributed by atoms with Crippen LogP contribution in [-0.4, -0.2) is 26.4 Å². The highest BCUT2D eigenvalue weighted by atomic mass is 15.4. The summed E-state index contributed by atoms with van der Waals surface area (Å²) < 4.78 is 0. The molecule has 0 amide bonds. The summed E-state index contributed by atoms with van der Waals surface area (Å²) in [5, 5.41) is 6.97. The Morgan fingerprint density at radius 3 is 1.92 bits per heavy atom. The molecule has 1 aromatic heterocycles. The molecule has 3 heterocycles. The number of hydrogen-bond donors (Lipinski definition) is 0. The number of aromatic nitrogens is 3. The smallest absolute Gasteiger partial charge is 0.182 e. The van der Waals surface area contributed by atoms with Crippen molar-refractivity contribution >= 4 is 55.0 Å². The van der Waals surface area contributed by atoms with E-state index in [4.69, 9.17) is 15.0 Å². The lowest BCUT2D eigenvalue weighted by atomic mass is 9.93. The average molecular weight is 654 g/mol. The van der Waals surface area contributed by atoms with Gasteiger partial charge >= 0.3 is 0 Å². The fraction of sp³-hybridized carbons (Fsp3) is 0.0217. The number of fused-ring (bicyclic) bond motifs is 5. The molecule has 10 rings (SSSR count). The third kappa shape index (κ3) is 4.82. The van der Waals surface area contributed by atoms with Gasteiger partial charge in [-0.25, -0.2) is 15.0 Å². The molecule has 0 saturated heterocycles. The second-order valence-electron chi connectivity index (χ2n) is 12.9. The van der Waals surface area contributed by atoms with E-state index in [0.717, 1.165) is 50.2 Å². The molecule has 0 fully saturated rings. The zero-order valence-corrected chi connectivity index (χ0v) is 27.7. The molecule has 0 bridgehead atoms. The first-order chi connectivity index (χ1) is 25.3. The largest absolute Gasteiger partial charge is 0.321 e. The minimum Gasteiger partial charge on any atom is -0.321 e. The van der Waals surface area contributed by atoms with Crippen molar-refractivity contribution in [2.75, 3.05) is 11.4 Å². The molecule has 0 aliphatic carbocycles. The topological polar surface area (TPSA) is 45.2 Å². The first-order valence-electron chi connectivity index (χ1n) is 17.2. The fourth-order valence-electron chi connectivity index (χ4n) is 7.66. The van der Waals surface area contributed by atoms with Gasteiger partial charge in [0.1, 0.15) is 17.8 Å². The summed E-state index contributed by atoms with van der Waals surface area (Å²) in [6.45, 7) is 0.700. The molecule has 0 N–H and O–H groups in total. The average Bonchev–Trinajstić information content (AvgIpc) is 3.55. The third-order valence-electron chi connectivity index (χ3n) is 9.95. The number of benzene rings is 7. The van der Waals surface area contributed by atoms with Gasteiger partial charge in [-0.3, -0.25) is 4.90 Å². The number of allylic oxidation sites excluding steroid dienone is 2. The monoisotopic (exact) mass is 653 g/mol. The van der Waals surface area contributed by atoms with Gasteiger partial charge in [0.15, 0.2) is 11.6 Å². The Kier molecular flexibility index (Phi) is 6.81. The summed E-state index contributed by atoms with van der Waals surface area (Å²) in [5.74, 6) is 2.31. The molecule has 7 aromatic carbocycles. The maximum absolute atomic E-state index is 5.40. The van der Waals surface area contributed by atoms with Gasteiger partial charge in [0, 0.05) is 23.4 Å². The van der Waals surface area contributed by atoms with Crippen molar-refractivity contribution in [3.63, 3.8) is 0 Å². The van der Waals surface area contributed by atoms with E-state index >= 15 is 0 Å². The molecule has 2 aliphatic rings. The van der Waals surface area contributed by atoms with Crippen LogP contribution >= 0.6 is 0 Å². The van der Waals surface area contributed by atoms with Crippen molar-refractivity contribution in [1.29, 1.82) is 0 Å². The number of rotatable bonds is 5. The molecule has 240 valence electrons. The van der Waals surface area contributed by atoms with Crippen LogP contribution in [0.15, 0.2) is 182 Å². The maximum Gasteiger partial charge on any atom is 0.182 e. The van der Waals surface area contributed by atoms with Gasteiger partial charge in [0.05, 0.1) is 5.70 Å². The Hall–Kier alpha value is -6.85.